The van der Waals surface area contributed by atoms with Crippen molar-refractivity contribution in [3.63, 3.8) is 0 Å². The Morgan fingerprint density at radius 3 is 2.78 bits per heavy atom. The van der Waals surface area contributed by atoms with Gasteiger partial charge in [0.25, 0.3) is 0 Å². The Kier molecular flexibility index (Phi) is 3.44. The van der Waals surface area contributed by atoms with Crippen molar-refractivity contribution in [2.45, 2.75) is 38.9 Å². The van der Waals surface area contributed by atoms with Crippen LogP contribution in [-0.2, 0) is 17.9 Å². The third-order valence-corrected chi connectivity index (χ3v) is 4.59. The highest BCUT2D eigenvalue weighted by Crippen LogP contribution is 2.34. The van der Waals surface area contributed by atoms with E-state index in [9.17, 15) is 4.79 Å². The summed E-state index contributed by atoms with van der Waals surface area (Å²) in [6.45, 7) is 4.52. The molecule has 2 aromatic heterocycles. The molecule has 23 heavy (non-hydrogen) atoms. The third-order valence-electron chi connectivity index (χ3n) is 4.59. The largest absolute Gasteiger partial charge is 0.334 e. The van der Waals surface area contributed by atoms with Crippen molar-refractivity contribution in [1.29, 1.82) is 0 Å². The van der Waals surface area contributed by atoms with Gasteiger partial charge in [0.2, 0.25) is 11.9 Å². The molecule has 0 aliphatic carbocycles. The minimum absolute atomic E-state index is 0.0842. The molecule has 4 rings (SSSR count). The SMILES string of the molecule is CC(=O)N1CCn2c(nnc2C2CCCN2c2ncccn2)C1. The fourth-order valence-electron chi connectivity index (χ4n) is 3.41. The van der Waals surface area contributed by atoms with Crippen LogP contribution in [0.4, 0.5) is 5.95 Å². The first-order valence-corrected chi connectivity index (χ1v) is 7.95. The van der Waals surface area contributed by atoms with Crippen molar-refractivity contribution in [3.8, 4) is 0 Å². The molecular weight excluding hydrogens is 294 g/mol. The van der Waals surface area contributed by atoms with Gasteiger partial charge in [-0.1, -0.05) is 0 Å². The number of hydrogen-bond donors (Lipinski definition) is 0. The third kappa shape index (κ3) is 2.43. The van der Waals surface area contributed by atoms with Crippen LogP contribution in [0.25, 0.3) is 0 Å². The van der Waals surface area contributed by atoms with Crippen LogP contribution >= 0.6 is 0 Å². The van der Waals surface area contributed by atoms with E-state index in [1.165, 1.54) is 0 Å². The zero-order valence-corrected chi connectivity index (χ0v) is 13.1. The van der Waals surface area contributed by atoms with Gasteiger partial charge >= 0.3 is 0 Å². The quantitative estimate of drug-likeness (QED) is 0.815. The lowest BCUT2D eigenvalue weighted by Gasteiger charge is -2.29. The molecular formula is C15H19N7O. The van der Waals surface area contributed by atoms with E-state index < -0.39 is 0 Å². The van der Waals surface area contributed by atoms with Gasteiger partial charge in [-0.2, -0.15) is 0 Å². The maximum Gasteiger partial charge on any atom is 0.225 e. The van der Waals surface area contributed by atoms with E-state index in [1.54, 1.807) is 24.2 Å². The number of amides is 1. The molecule has 2 aromatic rings. The highest BCUT2D eigenvalue weighted by Gasteiger charge is 2.34. The summed E-state index contributed by atoms with van der Waals surface area (Å²) in [6, 6.07) is 1.98. The molecule has 8 heteroatoms. The number of carbonyl (C=O) groups excluding carboxylic acids is 1. The van der Waals surface area contributed by atoms with Crippen LogP contribution in [-0.4, -0.2) is 48.6 Å². The molecule has 1 fully saturated rings. The number of nitrogens with zero attached hydrogens (tertiary/aromatic N) is 7. The summed E-state index contributed by atoms with van der Waals surface area (Å²) in [4.78, 5) is 24.3. The molecule has 0 bridgehead atoms. The summed E-state index contributed by atoms with van der Waals surface area (Å²) >= 11 is 0. The number of hydrogen-bond acceptors (Lipinski definition) is 6. The topological polar surface area (TPSA) is 80.0 Å². The minimum Gasteiger partial charge on any atom is -0.334 e. The van der Waals surface area contributed by atoms with Crippen molar-refractivity contribution in [3.05, 3.63) is 30.1 Å². The summed E-state index contributed by atoms with van der Waals surface area (Å²) in [7, 11) is 0. The lowest BCUT2D eigenvalue weighted by atomic mass is 10.2. The molecule has 1 unspecified atom stereocenters. The summed E-state index contributed by atoms with van der Waals surface area (Å²) in [6.07, 6.45) is 5.64. The zero-order valence-electron chi connectivity index (χ0n) is 13.1. The second kappa shape index (κ2) is 5.60. The molecule has 0 aromatic carbocycles. The molecule has 0 N–H and O–H groups in total. The van der Waals surface area contributed by atoms with Crippen LogP contribution in [0.5, 0.6) is 0 Å². The number of anilines is 1. The average molecular weight is 313 g/mol. The summed E-state index contributed by atoms with van der Waals surface area (Å²) in [5, 5.41) is 8.74. The molecule has 2 aliphatic heterocycles. The van der Waals surface area contributed by atoms with E-state index in [4.69, 9.17) is 0 Å². The van der Waals surface area contributed by atoms with E-state index >= 15 is 0 Å². The van der Waals surface area contributed by atoms with Crippen LogP contribution < -0.4 is 4.90 Å². The van der Waals surface area contributed by atoms with Gasteiger partial charge in [0, 0.05) is 39.0 Å². The Hall–Kier alpha value is -2.51. The first-order valence-electron chi connectivity index (χ1n) is 7.95. The lowest BCUT2D eigenvalue weighted by Crippen LogP contribution is -2.38. The standard InChI is InChI=1S/C15H19N7O/c1-11(23)20-8-9-22-13(10-20)18-19-14(22)12-4-2-7-21(12)15-16-5-3-6-17-15/h3,5-6,12H,2,4,7-10H2,1H3. The molecule has 2 aliphatic rings. The van der Waals surface area contributed by atoms with E-state index in [1.807, 2.05) is 6.07 Å². The zero-order chi connectivity index (χ0) is 15.8. The second-order valence-electron chi connectivity index (χ2n) is 5.97. The maximum atomic E-state index is 11.6. The van der Waals surface area contributed by atoms with E-state index in [-0.39, 0.29) is 11.9 Å². The highest BCUT2D eigenvalue weighted by molar-refractivity contribution is 5.73. The first kappa shape index (κ1) is 14.1. The number of carbonyl (C=O) groups is 1. The number of fused-ring (bicyclic) bond motifs is 1. The monoisotopic (exact) mass is 313 g/mol. The smallest absolute Gasteiger partial charge is 0.225 e. The van der Waals surface area contributed by atoms with Gasteiger partial charge in [0.1, 0.15) is 0 Å². The Balaban J connectivity index is 1.63. The van der Waals surface area contributed by atoms with Gasteiger partial charge in [-0.15, -0.1) is 10.2 Å². The second-order valence-corrected chi connectivity index (χ2v) is 5.97. The maximum absolute atomic E-state index is 11.6. The van der Waals surface area contributed by atoms with Crippen molar-refractivity contribution in [1.82, 2.24) is 29.6 Å². The van der Waals surface area contributed by atoms with E-state index in [0.29, 0.717) is 13.1 Å². The molecule has 0 spiro atoms. The molecule has 0 radical (unpaired) electrons. The van der Waals surface area contributed by atoms with Gasteiger partial charge in [-0.05, 0) is 18.9 Å². The van der Waals surface area contributed by atoms with Crippen LogP contribution in [0.3, 0.4) is 0 Å². The minimum atomic E-state index is 0.0842. The normalized spacial score (nSPS) is 20.7. The Morgan fingerprint density at radius 1 is 1.17 bits per heavy atom. The van der Waals surface area contributed by atoms with Gasteiger partial charge in [0.15, 0.2) is 11.6 Å². The van der Waals surface area contributed by atoms with E-state index in [0.717, 1.165) is 43.5 Å². The number of aromatic nitrogens is 5. The van der Waals surface area contributed by atoms with Gasteiger partial charge in [0.05, 0.1) is 12.6 Å². The number of rotatable bonds is 2. The summed E-state index contributed by atoms with van der Waals surface area (Å²) in [5.74, 6) is 2.66. The summed E-state index contributed by atoms with van der Waals surface area (Å²) < 4.78 is 2.16. The Labute approximate surface area is 134 Å². The molecule has 8 nitrogen and oxygen atoms in total. The molecule has 1 amide bonds. The van der Waals surface area contributed by atoms with Crippen molar-refractivity contribution < 1.29 is 4.79 Å². The van der Waals surface area contributed by atoms with Crippen LogP contribution in [0, 0.1) is 0 Å². The van der Waals surface area contributed by atoms with Crippen molar-refractivity contribution in [2.24, 2.45) is 0 Å². The van der Waals surface area contributed by atoms with Gasteiger partial charge in [-0.3, -0.25) is 4.79 Å². The molecule has 120 valence electrons. The first-order chi connectivity index (χ1) is 11.2. The van der Waals surface area contributed by atoms with Crippen LogP contribution in [0.15, 0.2) is 18.5 Å². The average Bonchev–Trinajstić information content (AvgIpc) is 3.21. The Bertz CT molecular complexity index is 714. The summed E-state index contributed by atoms with van der Waals surface area (Å²) in [5.41, 5.74) is 0. The Morgan fingerprint density at radius 2 is 2.00 bits per heavy atom. The fraction of sp³-hybridized carbons (Fsp3) is 0.533. The predicted octanol–water partition coefficient (Wildman–Crippen LogP) is 0.772. The molecule has 0 saturated carbocycles. The molecule has 1 atom stereocenters. The van der Waals surface area contributed by atoms with Crippen LogP contribution in [0.2, 0.25) is 0 Å². The lowest BCUT2D eigenvalue weighted by molar-refractivity contribution is -0.130. The molecule has 1 saturated heterocycles. The van der Waals surface area contributed by atoms with Crippen molar-refractivity contribution >= 4 is 11.9 Å². The van der Waals surface area contributed by atoms with Gasteiger partial charge < -0.3 is 14.4 Å². The van der Waals surface area contributed by atoms with Crippen LogP contribution in [0.1, 0.15) is 37.5 Å². The highest BCUT2D eigenvalue weighted by atomic mass is 16.2. The predicted molar refractivity (Wildman–Crippen MR) is 82.5 cm³/mol. The van der Waals surface area contributed by atoms with Gasteiger partial charge in [-0.25, -0.2) is 9.97 Å². The van der Waals surface area contributed by atoms with Crippen molar-refractivity contribution in [2.75, 3.05) is 18.0 Å². The fourth-order valence-corrected chi connectivity index (χ4v) is 3.41. The molecule has 4 heterocycles. The van der Waals surface area contributed by atoms with E-state index in [2.05, 4.69) is 29.6 Å².